The lowest BCUT2D eigenvalue weighted by Crippen LogP contribution is -1.56. The molecule has 84 valence electrons. The Balaban J connectivity index is 0.000000282. The molecule has 0 aliphatic carbocycles. The summed E-state index contributed by atoms with van der Waals surface area (Å²) in [6.07, 6.45) is 2.64. The maximum Gasteiger partial charge on any atom is 0.0342 e. The third-order valence-corrected chi connectivity index (χ3v) is 2.76. The summed E-state index contributed by atoms with van der Waals surface area (Å²) in [7, 11) is 0. The van der Waals surface area contributed by atoms with Gasteiger partial charge in [0.1, 0.15) is 0 Å². The van der Waals surface area contributed by atoms with Crippen molar-refractivity contribution in [2.45, 2.75) is 40.5 Å². The lowest BCUT2D eigenvalue weighted by molar-refractivity contribution is 0.886. The van der Waals surface area contributed by atoms with Crippen molar-refractivity contribution < 1.29 is 0 Å². The molecule has 1 heterocycles. The van der Waals surface area contributed by atoms with Gasteiger partial charge in [0.25, 0.3) is 0 Å². The number of benzene rings is 1. The largest absolute Gasteiger partial charge is 0.144 e. The number of hydrogen-bond donors (Lipinski definition) is 0. The SMILES string of the molecule is CC.CCCC.c1ccc2sccc2c1. The van der Waals surface area contributed by atoms with E-state index < -0.39 is 0 Å². The van der Waals surface area contributed by atoms with Crippen LogP contribution in [0, 0.1) is 0 Å². The Labute approximate surface area is 98.0 Å². The van der Waals surface area contributed by atoms with Gasteiger partial charge < -0.3 is 0 Å². The molecule has 1 aromatic carbocycles. The molecule has 0 fully saturated rings. The summed E-state index contributed by atoms with van der Waals surface area (Å²) in [5.41, 5.74) is 0. The molecule has 0 bridgehead atoms. The minimum atomic E-state index is 1.32. The maximum absolute atomic E-state index is 2.18. The summed E-state index contributed by atoms with van der Waals surface area (Å²) in [5, 5.41) is 3.47. The van der Waals surface area contributed by atoms with Gasteiger partial charge in [0, 0.05) is 4.70 Å². The monoisotopic (exact) mass is 222 g/mol. The average Bonchev–Trinajstić information content (AvgIpc) is 2.80. The van der Waals surface area contributed by atoms with Crippen LogP contribution in [0.1, 0.15) is 40.5 Å². The summed E-state index contributed by atoms with van der Waals surface area (Å²) in [6.45, 7) is 8.36. The van der Waals surface area contributed by atoms with Crippen LogP contribution in [0.2, 0.25) is 0 Å². The third kappa shape index (κ3) is 5.58. The van der Waals surface area contributed by atoms with Crippen LogP contribution in [0.4, 0.5) is 0 Å². The molecule has 0 unspecified atom stereocenters. The Bertz CT molecular complexity index is 303. The Morgan fingerprint density at radius 1 is 0.933 bits per heavy atom. The van der Waals surface area contributed by atoms with Crippen LogP contribution in [-0.2, 0) is 0 Å². The van der Waals surface area contributed by atoms with Crippen molar-refractivity contribution in [3.05, 3.63) is 35.7 Å². The average molecular weight is 222 g/mol. The number of fused-ring (bicyclic) bond motifs is 1. The number of thiophene rings is 1. The first-order chi connectivity index (χ1) is 7.38. The lowest BCUT2D eigenvalue weighted by Gasteiger charge is -1.82. The fraction of sp³-hybridized carbons (Fsp3) is 0.429. The fourth-order valence-electron chi connectivity index (χ4n) is 0.906. The quantitative estimate of drug-likeness (QED) is 0.577. The van der Waals surface area contributed by atoms with Crippen LogP contribution < -0.4 is 0 Å². The van der Waals surface area contributed by atoms with Crippen LogP contribution in [-0.4, -0.2) is 0 Å². The molecule has 1 aromatic heterocycles. The highest BCUT2D eigenvalue weighted by Crippen LogP contribution is 2.18. The Morgan fingerprint density at radius 3 is 2.07 bits per heavy atom. The molecule has 0 N–H and O–H groups in total. The first-order valence-electron chi connectivity index (χ1n) is 5.80. The van der Waals surface area contributed by atoms with E-state index in [1.54, 1.807) is 11.3 Å². The molecule has 0 aliphatic rings. The minimum Gasteiger partial charge on any atom is -0.144 e. The first-order valence-corrected chi connectivity index (χ1v) is 6.68. The van der Waals surface area contributed by atoms with Crippen molar-refractivity contribution in [3.63, 3.8) is 0 Å². The zero-order valence-electron chi connectivity index (χ0n) is 10.3. The summed E-state index contributed by atoms with van der Waals surface area (Å²) >= 11 is 1.79. The normalized spacial score (nSPS) is 8.53. The molecule has 2 rings (SSSR count). The first kappa shape index (κ1) is 14.2. The van der Waals surface area contributed by atoms with Gasteiger partial charge in [-0.1, -0.05) is 58.7 Å². The van der Waals surface area contributed by atoms with Gasteiger partial charge in [-0.3, -0.25) is 0 Å². The van der Waals surface area contributed by atoms with Gasteiger partial charge in [-0.25, -0.2) is 0 Å². The van der Waals surface area contributed by atoms with Crippen LogP contribution in [0.15, 0.2) is 35.7 Å². The zero-order valence-corrected chi connectivity index (χ0v) is 11.1. The van der Waals surface area contributed by atoms with Gasteiger partial charge >= 0.3 is 0 Å². The molecular formula is C14H22S. The van der Waals surface area contributed by atoms with Gasteiger partial charge in [-0.05, 0) is 22.9 Å². The van der Waals surface area contributed by atoms with Gasteiger partial charge in [-0.15, -0.1) is 11.3 Å². The summed E-state index contributed by atoms with van der Waals surface area (Å²) in [4.78, 5) is 0. The van der Waals surface area contributed by atoms with E-state index in [0.717, 1.165) is 0 Å². The van der Waals surface area contributed by atoms with Gasteiger partial charge in [0.15, 0.2) is 0 Å². The Hall–Kier alpha value is -0.820. The van der Waals surface area contributed by atoms with E-state index in [4.69, 9.17) is 0 Å². The molecular weight excluding hydrogens is 200 g/mol. The molecule has 0 amide bonds. The molecule has 1 heteroatoms. The van der Waals surface area contributed by atoms with Gasteiger partial charge in [0.05, 0.1) is 0 Å². The van der Waals surface area contributed by atoms with Crippen molar-refractivity contribution in [2.24, 2.45) is 0 Å². The number of hydrogen-bond acceptors (Lipinski definition) is 1. The van der Waals surface area contributed by atoms with Gasteiger partial charge in [-0.2, -0.15) is 0 Å². The minimum absolute atomic E-state index is 1.32. The summed E-state index contributed by atoms with van der Waals surface area (Å²) in [6, 6.07) is 10.5. The van der Waals surface area contributed by atoms with Crippen molar-refractivity contribution in [3.8, 4) is 0 Å². The van der Waals surface area contributed by atoms with Crippen LogP contribution in [0.25, 0.3) is 10.1 Å². The molecule has 0 spiro atoms. The highest BCUT2D eigenvalue weighted by atomic mass is 32.1. The van der Waals surface area contributed by atoms with Crippen molar-refractivity contribution in [2.75, 3.05) is 0 Å². The predicted molar refractivity (Wildman–Crippen MR) is 73.8 cm³/mol. The van der Waals surface area contributed by atoms with E-state index in [1.165, 1.54) is 22.9 Å². The molecule has 0 aliphatic heterocycles. The predicted octanol–water partition coefficient (Wildman–Crippen LogP) is 5.73. The molecule has 0 nitrogen and oxygen atoms in total. The molecule has 15 heavy (non-hydrogen) atoms. The second-order valence-corrected chi connectivity index (χ2v) is 3.91. The maximum atomic E-state index is 2.18. The standard InChI is InChI=1S/C8H6S.C4H10.C2H6/c1-2-4-8-7(3-1)5-6-9-8;1-3-4-2;1-2/h1-6H;3-4H2,1-2H3;1-2H3. The second-order valence-electron chi connectivity index (χ2n) is 2.96. The van der Waals surface area contributed by atoms with Crippen LogP contribution in [0.3, 0.4) is 0 Å². The van der Waals surface area contributed by atoms with Crippen molar-refractivity contribution >= 4 is 21.4 Å². The Kier molecular flexibility index (Phi) is 9.19. The van der Waals surface area contributed by atoms with Gasteiger partial charge in [0.2, 0.25) is 0 Å². The molecule has 0 radical (unpaired) electrons. The summed E-state index contributed by atoms with van der Waals surface area (Å²) < 4.78 is 1.37. The number of rotatable bonds is 1. The zero-order chi connectivity index (χ0) is 11.5. The Morgan fingerprint density at radius 2 is 1.53 bits per heavy atom. The van der Waals surface area contributed by atoms with Crippen molar-refractivity contribution in [1.29, 1.82) is 0 Å². The van der Waals surface area contributed by atoms with E-state index in [9.17, 15) is 0 Å². The second kappa shape index (κ2) is 9.72. The summed E-state index contributed by atoms with van der Waals surface area (Å²) in [5.74, 6) is 0. The van der Waals surface area contributed by atoms with E-state index in [2.05, 4.69) is 49.6 Å². The molecule has 2 aromatic rings. The van der Waals surface area contributed by atoms with E-state index in [-0.39, 0.29) is 0 Å². The highest BCUT2D eigenvalue weighted by molar-refractivity contribution is 7.17. The topological polar surface area (TPSA) is 0 Å². The number of unbranched alkanes of at least 4 members (excludes halogenated alkanes) is 1. The van der Waals surface area contributed by atoms with E-state index in [0.29, 0.717) is 0 Å². The highest BCUT2D eigenvalue weighted by Gasteiger charge is 1.87. The third-order valence-electron chi connectivity index (χ3n) is 1.86. The molecule has 0 saturated carbocycles. The van der Waals surface area contributed by atoms with Crippen LogP contribution >= 0.6 is 11.3 Å². The smallest absolute Gasteiger partial charge is 0.0342 e. The van der Waals surface area contributed by atoms with Crippen molar-refractivity contribution in [1.82, 2.24) is 0 Å². The van der Waals surface area contributed by atoms with E-state index >= 15 is 0 Å². The fourth-order valence-corrected chi connectivity index (χ4v) is 1.70. The van der Waals surface area contributed by atoms with E-state index in [1.807, 2.05) is 13.8 Å². The lowest BCUT2D eigenvalue weighted by atomic mass is 10.3. The molecule has 0 atom stereocenters. The molecule has 0 saturated heterocycles. The van der Waals surface area contributed by atoms with Crippen LogP contribution in [0.5, 0.6) is 0 Å².